The number of aliphatic hydroxyl groups is 1. The molecule has 0 spiro atoms. The Hall–Kier alpha value is -0.870. The average Bonchev–Trinajstić information content (AvgIpc) is 2.84. The van der Waals surface area contributed by atoms with Gasteiger partial charge in [0.1, 0.15) is 0 Å². The van der Waals surface area contributed by atoms with E-state index in [1.54, 1.807) is 11.9 Å². The maximum Gasteiger partial charge on any atom is 0.253 e. The minimum Gasteiger partial charge on any atom is -0.388 e. The van der Waals surface area contributed by atoms with E-state index in [0.29, 0.717) is 12.1 Å². The van der Waals surface area contributed by atoms with Crippen LogP contribution in [0.1, 0.15) is 41.6 Å². The third kappa shape index (κ3) is 3.57. The molecule has 0 bridgehead atoms. The monoisotopic (exact) mass is 325 g/mol. The Labute approximate surface area is 122 Å². The van der Waals surface area contributed by atoms with E-state index in [1.165, 1.54) is 0 Å². The second kappa shape index (κ2) is 6.06. The molecular weight excluding hydrogens is 306 g/mol. The number of rotatable bonds is 4. The number of carbonyl (C=O) groups is 1. The van der Waals surface area contributed by atoms with Gasteiger partial charge in [-0.05, 0) is 30.5 Å². The van der Waals surface area contributed by atoms with Crippen molar-refractivity contribution in [1.82, 2.24) is 4.90 Å². The highest BCUT2D eigenvalue weighted by molar-refractivity contribution is 9.08. The minimum absolute atomic E-state index is 0.0264. The number of nitrogens with zero attached hydrogens (tertiary/aromatic N) is 1. The van der Waals surface area contributed by atoms with Crippen molar-refractivity contribution >= 4 is 21.8 Å². The lowest BCUT2D eigenvalue weighted by Crippen LogP contribution is -2.42. The number of alkyl halides is 1. The Balaban J connectivity index is 2.01. The van der Waals surface area contributed by atoms with Crippen LogP contribution in [0.15, 0.2) is 24.3 Å². The number of carbonyl (C=O) groups excluding carboxylic acids is 1. The van der Waals surface area contributed by atoms with E-state index >= 15 is 0 Å². The predicted octanol–water partition coefficient (Wildman–Crippen LogP) is 2.96. The molecule has 0 aliphatic heterocycles. The SMILES string of the molecule is CN(CC1(O)CCCC1)C(=O)c1ccc(CBr)cc1. The van der Waals surface area contributed by atoms with Gasteiger partial charge < -0.3 is 10.0 Å². The molecule has 0 aromatic heterocycles. The summed E-state index contributed by atoms with van der Waals surface area (Å²) in [6.45, 7) is 0.423. The van der Waals surface area contributed by atoms with Gasteiger partial charge in [-0.15, -0.1) is 0 Å². The molecule has 0 heterocycles. The van der Waals surface area contributed by atoms with Crippen LogP contribution in [-0.2, 0) is 5.33 Å². The second-order valence-corrected chi connectivity index (χ2v) is 5.98. The molecule has 4 heteroatoms. The first kappa shape index (κ1) is 14.5. The summed E-state index contributed by atoms with van der Waals surface area (Å²) >= 11 is 3.38. The number of amides is 1. The van der Waals surface area contributed by atoms with Crippen LogP contribution in [-0.4, -0.2) is 35.1 Å². The van der Waals surface area contributed by atoms with E-state index in [1.807, 2.05) is 24.3 Å². The third-order valence-electron chi connectivity index (χ3n) is 3.77. The van der Waals surface area contributed by atoms with Crippen LogP contribution in [0.3, 0.4) is 0 Å². The van der Waals surface area contributed by atoms with Crippen molar-refractivity contribution in [3.05, 3.63) is 35.4 Å². The van der Waals surface area contributed by atoms with Crippen LogP contribution >= 0.6 is 15.9 Å². The summed E-state index contributed by atoms with van der Waals surface area (Å²) in [7, 11) is 1.76. The Morgan fingerprint density at radius 3 is 2.42 bits per heavy atom. The summed E-state index contributed by atoms with van der Waals surface area (Å²) in [5, 5.41) is 11.1. The van der Waals surface area contributed by atoms with Crippen LogP contribution in [0.5, 0.6) is 0 Å². The molecule has 1 aliphatic carbocycles. The second-order valence-electron chi connectivity index (χ2n) is 5.42. The third-order valence-corrected chi connectivity index (χ3v) is 4.42. The fourth-order valence-electron chi connectivity index (χ4n) is 2.66. The van der Waals surface area contributed by atoms with Crippen molar-refractivity contribution in [2.45, 2.75) is 36.6 Å². The number of hydrogen-bond donors (Lipinski definition) is 1. The van der Waals surface area contributed by atoms with Crippen molar-refractivity contribution < 1.29 is 9.90 Å². The van der Waals surface area contributed by atoms with Gasteiger partial charge in [0.25, 0.3) is 5.91 Å². The summed E-state index contributed by atoms with van der Waals surface area (Å²) in [6.07, 6.45) is 3.71. The highest BCUT2D eigenvalue weighted by atomic mass is 79.9. The zero-order valence-electron chi connectivity index (χ0n) is 11.2. The van der Waals surface area contributed by atoms with Crippen molar-refractivity contribution in [2.75, 3.05) is 13.6 Å². The van der Waals surface area contributed by atoms with Gasteiger partial charge in [0, 0.05) is 24.5 Å². The van der Waals surface area contributed by atoms with E-state index in [0.717, 1.165) is 36.6 Å². The molecule has 0 atom stereocenters. The molecule has 0 unspecified atom stereocenters. The molecule has 1 aromatic rings. The lowest BCUT2D eigenvalue weighted by Gasteiger charge is -2.28. The summed E-state index contributed by atoms with van der Waals surface area (Å²) < 4.78 is 0. The number of likely N-dealkylation sites (N-methyl/N-ethyl adjacent to an activating group) is 1. The Kier molecular flexibility index (Phi) is 4.63. The van der Waals surface area contributed by atoms with E-state index in [2.05, 4.69) is 15.9 Å². The van der Waals surface area contributed by atoms with Gasteiger partial charge in [-0.25, -0.2) is 0 Å². The van der Waals surface area contributed by atoms with Gasteiger partial charge in [0.15, 0.2) is 0 Å². The maximum absolute atomic E-state index is 12.3. The van der Waals surface area contributed by atoms with Gasteiger partial charge in [-0.3, -0.25) is 4.79 Å². The summed E-state index contributed by atoms with van der Waals surface area (Å²) in [4.78, 5) is 13.9. The molecule has 104 valence electrons. The van der Waals surface area contributed by atoms with Crippen LogP contribution in [0.25, 0.3) is 0 Å². The van der Waals surface area contributed by atoms with E-state index in [9.17, 15) is 9.90 Å². The zero-order chi connectivity index (χ0) is 13.9. The van der Waals surface area contributed by atoms with Crippen molar-refractivity contribution in [3.8, 4) is 0 Å². The molecule has 1 saturated carbocycles. The van der Waals surface area contributed by atoms with Gasteiger partial charge in [0.05, 0.1) is 5.60 Å². The Bertz CT molecular complexity index is 438. The topological polar surface area (TPSA) is 40.5 Å². The first-order valence-electron chi connectivity index (χ1n) is 6.67. The van der Waals surface area contributed by atoms with Gasteiger partial charge in [-0.1, -0.05) is 40.9 Å². The lowest BCUT2D eigenvalue weighted by atomic mass is 10.0. The largest absolute Gasteiger partial charge is 0.388 e. The molecule has 1 N–H and O–H groups in total. The molecule has 1 amide bonds. The maximum atomic E-state index is 12.3. The molecule has 2 rings (SSSR count). The summed E-state index contributed by atoms with van der Waals surface area (Å²) in [6, 6.07) is 7.57. The van der Waals surface area contributed by atoms with Gasteiger partial charge >= 0.3 is 0 Å². The fourth-order valence-corrected chi connectivity index (χ4v) is 3.04. The molecule has 19 heavy (non-hydrogen) atoms. The average molecular weight is 326 g/mol. The van der Waals surface area contributed by atoms with Gasteiger partial charge in [-0.2, -0.15) is 0 Å². The normalized spacial score (nSPS) is 17.4. The van der Waals surface area contributed by atoms with Crippen molar-refractivity contribution in [3.63, 3.8) is 0 Å². The van der Waals surface area contributed by atoms with Crippen LogP contribution in [0, 0.1) is 0 Å². The van der Waals surface area contributed by atoms with Crippen LogP contribution in [0.2, 0.25) is 0 Å². The molecule has 1 aliphatic rings. The molecule has 0 radical (unpaired) electrons. The standard InChI is InChI=1S/C15H20BrNO2/c1-17(11-15(19)8-2-3-9-15)14(18)13-6-4-12(10-16)5-7-13/h4-7,19H,2-3,8-11H2,1H3. The highest BCUT2D eigenvalue weighted by Crippen LogP contribution is 2.30. The lowest BCUT2D eigenvalue weighted by molar-refractivity contribution is 0.0157. The van der Waals surface area contributed by atoms with E-state index < -0.39 is 5.60 Å². The first-order chi connectivity index (χ1) is 9.04. The predicted molar refractivity (Wildman–Crippen MR) is 79.5 cm³/mol. The summed E-state index contributed by atoms with van der Waals surface area (Å²) in [5.74, 6) is -0.0264. The first-order valence-corrected chi connectivity index (χ1v) is 7.79. The minimum atomic E-state index is -0.680. The van der Waals surface area contributed by atoms with Crippen molar-refractivity contribution in [2.24, 2.45) is 0 Å². The molecule has 1 fully saturated rings. The quantitative estimate of drug-likeness (QED) is 0.864. The fraction of sp³-hybridized carbons (Fsp3) is 0.533. The number of hydrogen-bond acceptors (Lipinski definition) is 2. The zero-order valence-corrected chi connectivity index (χ0v) is 12.8. The van der Waals surface area contributed by atoms with Crippen molar-refractivity contribution in [1.29, 1.82) is 0 Å². The molecular formula is C15H20BrNO2. The molecule has 0 saturated heterocycles. The van der Waals surface area contributed by atoms with E-state index in [-0.39, 0.29) is 5.91 Å². The summed E-state index contributed by atoms with van der Waals surface area (Å²) in [5.41, 5.74) is 1.14. The van der Waals surface area contributed by atoms with Crippen LogP contribution in [0.4, 0.5) is 0 Å². The number of benzene rings is 1. The smallest absolute Gasteiger partial charge is 0.253 e. The van der Waals surface area contributed by atoms with Crippen LogP contribution < -0.4 is 0 Å². The molecule has 1 aromatic carbocycles. The highest BCUT2D eigenvalue weighted by Gasteiger charge is 2.33. The van der Waals surface area contributed by atoms with Gasteiger partial charge in [0.2, 0.25) is 0 Å². The number of halogens is 1. The van der Waals surface area contributed by atoms with E-state index in [4.69, 9.17) is 0 Å². The Morgan fingerprint density at radius 2 is 1.89 bits per heavy atom. The molecule has 3 nitrogen and oxygen atoms in total. The Morgan fingerprint density at radius 1 is 1.32 bits per heavy atom.